The Balaban J connectivity index is 1.55. The molecule has 33 heavy (non-hydrogen) atoms. The molecule has 0 saturated carbocycles. The average Bonchev–Trinajstić information content (AvgIpc) is 3.41. The van der Waals surface area contributed by atoms with Gasteiger partial charge in [-0.05, 0) is 48.5 Å². The molecule has 2 heterocycles. The number of nitrogens with zero attached hydrogens (tertiary/aromatic N) is 3. The molecule has 7 nitrogen and oxygen atoms in total. The SMILES string of the molecule is COCCN(CCc1csc2nc(-c3ccc(F)cc3)cn12)S(=O)(=O)c1ccc(OC)cc1. The van der Waals surface area contributed by atoms with Crippen molar-refractivity contribution < 1.29 is 22.3 Å². The molecule has 0 aliphatic carbocycles. The van der Waals surface area contributed by atoms with Crippen LogP contribution in [0.4, 0.5) is 4.39 Å². The Bertz CT molecular complexity index is 1320. The van der Waals surface area contributed by atoms with Gasteiger partial charge in [0, 0.05) is 49.5 Å². The molecule has 174 valence electrons. The summed E-state index contributed by atoms with van der Waals surface area (Å²) in [6, 6.07) is 12.5. The number of sulfonamides is 1. The van der Waals surface area contributed by atoms with Gasteiger partial charge < -0.3 is 9.47 Å². The van der Waals surface area contributed by atoms with E-state index in [4.69, 9.17) is 9.47 Å². The van der Waals surface area contributed by atoms with Gasteiger partial charge in [-0.3, -0.25) is 4.40 Å². The first kappa shape index (κ1) is 23.4. The largest absolute Gasteiger partial charge is 0.497 e. The van der Waals surface area contributed by atoms with Crippen molar-refractivity contribution in [2.24, 2.45) is 0 Å². The zero-order valence-corrected chi connectivity index (χ0v) is 19.9. The molecule has 0 atom stereocenters. The van der Waals surface area contributed by atoms with Crippen LogP contribution in [-0.4, -0.2) is 56.0 Å². The molecule has 10 heteroatoms. The number of benzene rings is 2. The lowest BCUT2D eigenvalue weighted by Gasteiger charge is -2.22. The van der Waals surface area contributed by atoms with Crippen LogP contribution >= 0.6 is 11.3 Å². The number of imidazole rings is 1. The zero-order valence-electron chi connectivity index (χ0n) is 18.3. The van der Waals surface area contributed by atoms with E-state index in [1.165, 1.54) is 34.9 Å². The molecule has 0 fully saturated rings. The van der Waals surface area contributed by atoms with Crippen molar-refractivity contribution in [1.82, 2.24) is 13.7 Å². The van der Waals surface area contributed by atoms with E-state index < -0.39 is 10.0 Å². The van der Waals surface area contributed by atoms with Crippen LogP contribution in [0.3, 0.4) is 0 Å². The second-order valence-electron chi connectivity index (χ2n) is 7.34. The van der Waals surface area contributed by atoms with Crippen LogP contribution in [0.1, 0.15) is 5.69 Å². The van der Waals surface area contributed by atoms with Crippen LogP contribution < -0.4 is 4.74 Å². The molecule has 0 N–H and O–H groups in total. The predicted octanol–water partition coefficient (Wildman–Crippen LogP) is 4.09. The summed E-state index contributed by atoms with van der Waals surface area (Å²) in [4.78, 5) is 5.62. The van der Waals surface area contributed by atoms with Gasteiger partial charge in [-0.15, -0.1) is 11.3 Å². The van der Waals surface area contributed by atoms with Gasteiger partial charge in [0.15, 0.2) is 4.96 Å². The van der Waals surface area contributed by atoms with Crippen LogP contribution in [0.2, 0.25) is 0 Å². The highest BCUT2D eigenvalue weighted by Crippen LogP contribution is 2.25. The number of rotatable bonds is 10. The Kier molecular flexibility index (Phi) is 7.08. The number of halogens is 1. The monoisotopic (exact) mass is 489 g/mol. The number of hydrogen-bond acceptors (Lipinski definition) is 6. The Morgan fingerprint density at radius 3 is 2.45 bits per heavy atom. The van der Waals surface area contributed by atoms with Crippen molar-refractivity contribution in [1.29, 1.82) is 0 Å². The van der Waals surface area contributed by atoms with Gasteiger partial charge in [0.05, 0.1) is 24.3 Å². The number of ether oxygens (including phenoxy) is 2. The number of methoxy groups -OCH3 is 2. The van der Waals surface area contributed by atoms with Crippen LogP contribution in [0.25, 0.3) is 16.2 Å². The van der Waals surface area contributed by atoms with Gasteiger partial charge in [0.2, 0.25) is 10.0 Å². The Hall–Kier alpha value is -2.79. The van der Waals surface area contributed by atoms with Crippen molar-refractivity contribution in [3.05, 3.63) is 71.6 Å². The molecule has 0 spiro atoms. The van der Waals surface area contributed by atoms with Gasteiger partial charge in [0.1, 0.15) is 11.6 Å². The third-order valence-electron chi connectivity index (χ3n) is 5.28. The maximum atomic E-state index is 13.3. The number of hydrogen-bond donors (Lipinski definition) is 0. The van der Waals surface area contributed by atoms with Gasteiger partial charge in [-0.1, -0.05) is 0 Å². The molecule has 4 aromatic rings. The lowest BCUT2D eigenvalue weighted by molar-refractivity contribution is 0.179. The second kappa shape index (κ2) is 10.0. The van der Waals surface area contributed by atoms with Crippen molar-refractivity contribution in [3.8, 4) is 17.0 Å². The van der Waals surface area contributed by atoms with Crippen molar-refractivity contribution in [3.63, 3.8) is 0 Å². The minimum Gasteiger partial charge on any atom is -0.497 e. The van der Waals surface area contributed by atoms with E-state index >= 15 is 0 Å². The molecule has 0 radical (unpaired) electrons. The summed E-state index contributed by atoms with van der Waals surface area (Å²) in [6.07, 6.45) is 2.39. The average molecular weight is 490 g/mol. The molecule has 4 rings (SSSR count). The Morgan fingerprint density at radius 1 is 1.06 bits per heavy atom. The second-order valence-corrected chi connectivity index (χ2v) is 10.1. The maximum absolute atomic E-state index is 13.3. The quantitative estimate of drug-likeness (QED) is 0.336. The number of aromatic nitrogens is 2. The molecule has 0 aliphatic rings. The third-order valence-corrected chi connectivity index (χ3v) is 8.08. The third kappa shape index (κ3) is 5.09. The van der Waals surface area contributed by atoms with E-state index in [0.29, 0.717) is 12.2 Å². The normalized spacial score (nSPS) is 12.0. The van der Waals surface area contributed by atoms with E-state index in [-0.39, 0.29) is 30.4 Å². The summed E-state index contributed by atoms with van der Waals surface area (Å²) in [5.74, 6) is 0.296. The van der Waals surface area contributed by atoms with Crippen LogP contribution in [0, 0.1) is 5.82 Å². The fourth-order valence-electron chi connectivity index (χ4n) is 3.45. The minimum absolute atomic E-state index is 0.205. The zero-order chi connectivity index (χ0) is 23.4. The molecule has 2 aromatic heterocycles. The first-order valence-electron chi connectivity index (χ1n) is 10.3. The van der Waals surface area contributed by atoms with Crippen molar-refractivity contribution in [2.45, 2.75) is 11.3 Å². The van der Waals surface area contributed by atoms with E-state index in [2.05, 4.69) is 4.98 Å². The molecule has 0 bridgehead atoms. The topological polar surface area (TPSA) is 73.1 Å². The highest BCUT2D eigenvalue weighted by molar-refractivity contribution is 7.89. The summed E-state index contributed by atoms with van der Waals surface area (Å²) in [5.41, 5.74) is 2.51. The number of fused-ring (bicyclic) bond motifs is 1. The fourth-order valence-corrected chi connectivity index (χ4v) is 5.78. The molecule has 2 aromatic carbocycles. The van der Waals surface area contributed by atoms with E-state index in [9.17, 15) is 12.8 Å². The molecule has 0 saturated heterocycles. The summed E-state index contributed by atoms with van der Waals surface area (Å²) >= 11 is 1.48. The standard InChI is InChI=1S/C23H24FN3O4S2/c1-30-14-13-26(33(28,29)21-9-7-20(31-2)8-10-21)12-11-19-16-32-23-25-22(15-27(19)23)17-3-5-18(24)6-4-17/h3-10,15-16H,11-14H2,1-2H3. The smallest absolute Gasteiger partial charge is 0.243 e. The van der Waals surface area contributed by atoms with E-state index in [0.717, 1.165) is 21.9 Å². The predicted molar refractivity (Wildman–Crippen MR) is 126 cm³/mol. The first-order chi connectivity index (χ1) is 15.9. The Morgan fingerprint density at radius 2 is 1.79 bits per heavy atom. The van der Waals surface area contributed by atoms with Crippen LogP contribution in [-0.2, 0) is 21.2 Å². The lowest BCUT2D eigenvalue weighted by Crippen LogP contribution is -2.35. The van der Waals surface area contributed by atoms with Crippen LogP contribution in [0.5, 0.6) is 5.75 Å². The molecular weight excluding hydrogens is 465 g/mol. The fraction of sp³-hybridized carbons (Fsp3) is 0.261. The highest BCUT2D eigenvalue weighted by Gasteiger charge is 2.24. The van der Waals surface area contributed by atoms with Gasteiger partial charge in [-0.25, -0.2) is 17.8 Å². The van der Waals surface area contributed by atoms with Crippen molar-refractivity contribution >= 4 is 26.3 Å². The summed E-state index contributed by atoms with van der Waals surface area (Å²) in [6.45, 7) is 0.810. The molecule has 0 aliphatic heterocycles. The maximum Gasteiger partial charge on any atom is 0.243 e. The summed E-state index contributed by atoms with van der Waals surface area (Å²) in [5, 5.41) is 1.98. The van der Waals surface area contributed by atoms with Crippen molar-refractivity contribution in [2.75, 3.05) is 33.9 Å². The van der Waals surface area contributed by atoms with Crippen LogP contribution in [0.15, 0.2) is 65.0 Å². The van der Waals surface area contributed by atoms with Gasteiger partial charge >= 0.3 is 0 Å². The number of thiazole rings is 1. The minimum atomic E-state index is -3.71. The lowest BCUT2D eigenvalue weighted by atomic mass is 10.2. The molecular formula is C23H24FN3O4S2. The first-order valence-corrected chi connectivity index (χ1v) is 12.6. The summed E-state index contributed by atoms with van der Waals surface area (Å²) in [7, 11) is -0.626. The van der Waals surface area contributed by atoms with E-state index in [1.807, 2.05) is 16.0 Å². The summed E-state index contributed by atoms with van der Waals surface area (Å²) < 4.78 is 53.4. The Labute approximate surface area is 196 Å². The highest BCUT2D eigenvalue weighted by atomic mass is 32.2. The van der Waals surface area contributed by atoms with Gasteiger partial charge in [-0.2, -0.15) is 4.31 Å². The van der Waals surface area contributed by atoms with Gasteiger partial charge in [0.25, 0.3) is 0 Å². The molecule has 0 amide bonds. The molecule has 0 unspecified atom stereocenters. The van der Waals surface area contributed by atoms with E-state index in [1.54, 1.807) is 43.5 Å².